The van der Waals surface area contributed by atoms with Crippen LogP contribution in [-0.2, 0) is 9.53 Å². The largest absolute Gasteiger partial charge is 0.459 e. The number of para-hydroxylation sites is 1. The van der Waals surface area contributed by atoms with E-state index < -0.39 is 12.0 Å². The zero-order valence-electron chi connectivity index (χ0n) is 20.4. The molecule has 2 aromatic carbocycles. The molecule has 7 nitrogen and oxygen atoms in total. The topological polar surface area (TPSA) is 85.2 Å². The van der Waals surface area contributed by atoms with Crippen molar-refractivity contribution in [2.45, 2.75) is 53.7 Å². The minimum absolute atomic E-state index is 0.292. The van der Waals surface area contributed by atoms with E-state index in [1.807, 2.05) is 36.5 Å². The van der Waals surface area contributed by atoms with Crippen molar-refractivity contribution < 1.29 is 14.3 Å². The summed E-state index contributed by atoms with van der Waals surface area (Å²) in [5.74, 6) is -0.472. The van der Waals surface area contributed by atoms with E-state index in [2.05, 4.69) is 43.5 Å². The van der Waals surface area contributed by atoms with Crippen LogP contribution in [-0.4, -0.2) is 27.9 Å². The number of carbonyl (C=O) groups excluding carboxylic acids is 2. The van der Waals surface area contributed by atoms with Crippen molar-refractivity contribution in [3.8, 4) is 16.9 Å². The lowest BCUT2D eigenvalue weighted by molar-refractivity contribution is -0.143. The monoisotopic (exact) mass is 458 g/mol. The maximum absolute atomic E-state index is 13.1. The molecule has 1 aromatic heterocycles. The summed E-state index contributed by atoms with van der Waals surface area (Å²) >= 11 is 0. The van der Waals surface area contributed by atoms with E-state index in [9.17, 15) is 9.59 Å². The van der Waals surface area contributed by atoms with Crippen LogP contribution in [0.25, 0.3) is 16.9 Å². The molecule has 2 heterocycles. The molecule has 0 spiro atoms. The lowest BCUT2D eigenvalue weighted by Gasteiger charge is -2.28. The number of urea groups is 1. The second kappa shape index (κ2) is 9.17. The molecule has 1 atom stereocenters. The van der Waals surface area contributed by atoms with Crippen molar-refractivity contribution >= 4 is 12.0 Å². The van der Waals surface area contributed by atoms with Gasteiger partial charge < -0.3 is 15.4 Å². The summed E-state index contributed by atoms with van der Waals surface area (Å²) in [4.78, 5) is 25.6. The average molecular weight is 459 g/mol. The smallest absolute Gasteiger partial charge is 0.338 e. The van der Waals surface area contributed by atoms with Crippen LogP contribution in [0.5, 0.6) is 0 Å². The number of aryl methyl sites for hydroxylation is 3. The van der Waals surface area contributed by atoms with Crippen LogP contribution >= 0.6 is 0 Å². The number of hydrogen-bond donors (Lipinski definition) is 2. The quantitative estimate of drug-likeness (QED) is 0.524. The lowest BCUT2D eigenvalue weighted by Crippen LogP contribution is -2.45. The van der Waals surface area contributed by atoms with Crippen molar-refractivity contribution in [1.82, 2.24) is 20.4 Å². The number of benzene rings is 2. The number of nitrogens with one attached hydrogen (secondary N) is 2. The summed E-state index contributed by atoms with van der Waals surface area (Å²) in [5, 5.41) is 10.6. The van der Waals surface area contributed by atoms with Gasteiger partial charge >= 0.3 is 12.0 Å². The van der Waals surface area contributed by atoms with Gasteiger partial charge in [-0.15, -0.1) is 0 Å². The molecule has 176 valence electrons. The van der Waals surface area contributed by atoms with E-state index in [0.717, 1.165) is 33.5 Å². The summed E-state index contributed by atoms with van der Waals surface area (Å²) in [6.07, 6.45) is 1.59. The van der Waals surface area contributed by atoms with Crippen LogP contribution in [0.15, 0.2) is 59.9 Å². The Morgan fingerprint density at radius 2 is 1.71 bits per heavy atom. The number of nitrogens with zero attached hydrogens (tertiary/aromatic N) is 2. The number of hydrogen-bond acceptors (Lipinski definition) is 4. The highest BCUT2D eigenvalue weighted by Crippen LogP contribution is 2.37. The normalized spacial score (nSPS) is 15.9. The molecular weight excluding hydrogens is 428 g/mol. The van der Waals surface area contributed by atoms with Crippen LogP contribution < -0.4 is 10.6 Å². The Labute approximate surface area is 199 Å². The van der Waals surface area contributed by atoms with Gasteiger partial charge in [-0.2, -0.15) is 5.10 Å². The third-order valence-electron chi connectivity index (χ3n) is 5.82. The Morgan fingerprint density at radius 3 is 2.32 bits per heavy atom. The molecule has 2 N–H and O–H groups in total. The van der Waals surface area contributed by atoms with Crippen molar-refractivity contribution in [1.29, 1.82) is 0 Å². The Kier molecular flexibility index (Phi) is 6.28. The highest BCUT2D eigenvalue weighted by molar-refractivity contribution is 5.95. The van der Waals surface area contributed by atoms with E-state index in [0.29, 0.717) is 17.0 Å². The molecular formula is C27H30N4O3. The van der Waals surface area contributed by atoms with E-state index in [1.165, 1.54) is 0 Å². The molecule has 4 rings (SSSR count). The van der Waals surface area contributed by atoms with Crippen LogP contribution in [0.2, 0.25) is 0 Å². The first-order valence-electron chi connectivity index (χ1n) is 11.4. The number of rotatable bonds is 5. The van der Waals surface area contributed by atoms with E-state index in [1.54, 1.807) is 25.5 Å². The van der Waals surface area contributed by atoms with Crippen molar-refractivity contribution in [2.24, 2.45) is 0 Å². The summed E-state index contributed by atoms with van der Waals surface area (Å²) in [6, 6.07) is 12.9. The average Bonchev–Trinajstić information content (AvgIpc) is 3.17. The van der Waals surface area contributed by atoms with Gasteiger partial charge in [0.25, 0.3) is 0 Å². The predicted octanol–water partition coefficient (Wildman–Crippen LogP) is 5.04. The molecule has 0 unspecified atom stereocenters. The van der Waals surface area contributed by atoms with Gasteiger partial charge in [-0.25, -0.2) is 14.3 Å². The predicted molar refractivity (Wildman–Crippen MR) is 132 cm³/mol. The Hall–Kier alpha value is -3.87. The third kappa shape index (κ3) is 4.46. The van der Waals surface area contributed by atoms with Gasteiger partial charge in [0.15, 0.2) is 0 Å². The lowest BCUT2D eigenvalue weighted by atomic mass is 9.90. The molecule has 0 saturated heterocycles. The number of aromatic nitrogens is 2. The van der Waals surface area contributed by atoms with Gasteiger partial charge in [-0.3, -0.25) is 0 Å². The first-order chi connectivity index (χ1) is 16.2. The van der Waals surface area contributed by atoms with Crippen LogP contribution in [0, 0.1) is 20.8 Å². The molecule has 0 bridgehead atoms. The number of amides is 2. The molecule has 1 aliphatic rings. The third-order valence-corrected chi connectivity index (χ3v) is 5.82. The number of allylic oxidation sites excluding steroid dienone is 1. The Balaban J connectivity index is 1.96. The standard InChI is InChI=1S/C27H30N4O3/c1-15(2)34-26(32)23-19(6)28-27(33)29-24(23)21-14-31(20-10-8-7-9-11-20)30-25(21)22-17(4)12-16(3)13-18(22)5/h7-15,24H,1-6H3,(H2,28,29,33)/t24-/m0/s1. The van der Waals surface area contributed by atoms with Gasteiger partial charge in [0.2, 0.25) is 0 Å². The van der Waals surface area contributed by atoms with E-state index in [4.69, 9.17) is 9.84 Å². The first-order valence-corrected chi connectivity index (χ1v) is 11.4. The van der Waals surface area contributed by atoms with Crippen LogP contribution in [0.1, 0.15) is 49.1 Å². The van der Waals surface area contributed by atoms with Crippen LogP contribution in [0.4, 0.5) is 4.79 Å². The van der Waals surface area contributed by atoms with Gasteiger partial charge in [0.1, 0.15) is 0 Å². The van der Waals surface area contributed by atoms with Crippen molar-refractivity contribution in [3.05, 3.63) is 82.2 Å². The SMILES string of the molecule is CC1=C(C(=O)OC(C)C)[C@H](c2cn(-c3ccccc3)nc2-c2c(C)cc(C)cc2C)NC(=O)N1. The number of ether oxygens (including phenoxy) is 1. The molecule has 3 aromatic rings. The zero-order chi connectivity index (χ0) is 24.6. The van der Waals surface area contributed by atoms with Gasteiger partial charge in [-0.05, 0) is 64.8 Å². The number of esters is 1. The maximum Gasteiger partial charge on any atom is 0.338 e. The molecule has 7 heteroatoms. The minimum Gasteiger partial charge on any atom is -0.459 e. The molecule has 0 aliphatic carbocycles. The molecule has 34 heavy (non-hydrogen) atoms. The van der Waals surface area contributed by atoms with Crippen molar-refractivity contribution in [3.63, 3.8) is 0 Å². The fourth-order valence-electron chi connectivity index (χ4n) is 4.53. The van der Waals surface area contributed by atoms with Gasteiger partial charge in [0, 0.05) is 23.0 Å². The molecule has 0 fully saturated rings. The zero-order valence-corrected chi connectivity index (χ0v) is 20.4. The fraction of sp³-hybridized carbons (Fsp3) is 0.296. The second-order valence-corrected chi connectivity index (χ2v) is 9.01. The molecule has 1 aliphatic heterocycles. The summed E-state index contributed by atoms with van der Waals surface area (Å²) in [6.45, 7) is 11.5. The van der Waals surface area contributed by atoms with Gasteiger partial charge in [-0.1, -0.05) is 35.9 Å². The van der Waals surface area contributed by atoms with Gasteiger partial charge in [0.05, 0.1) is 29.1 Å². The Bertz CT molecular complexity index is 1270. The summed E-state index contributed by atoms with van der Waals surface area (Å²) < 4.78 is 7.32. The van der Waals surface area contributed by atoms with E-state index in [-0.39, 0.29) is 12.1 Å². The highest BCUT2D eigenvalue weighted by atomic mass is 16.5. The summed E-state index contributed by atoms with van der Waals surface area (Å²) in [7, 11) is 0. The molecule has 0 saturated carbocycles. The second-order valence-electron chi connectivity index (χ2n) is 9.01. The van der Waals surface area contributed by atoms with Crippen molar-refractivity contribution in [2.75, 3.05) is 0 Å². The molecule has 2 amide bonds. The Morgan fingerprint density at radius 1 is 1.06 bits per heavy atom. The van der Waals surface area contributed by atoms with Crippen LogP contribution in [0.3, 0.4) is 0 Å². The maximum atomic E-state index is 13.1. The van der Waals surface area contributed by atoms with E-state index >= 15 is 0 Å². The number of carbonyl (C=O) groups is 2. The minimum atomic E-state index is -0.715. The molecule has 0 radical (unpaired) electrons. The first kappa shape index (κ1) is 23.3. The highest BCUT2D eigenvalue weighted by Gasteiger charge is 2.36. The summed E-state index contributed by atoms with van der Waals surface area (Å²) in [5.41, 5.74) is 7.45. The fourth-order valence-corrected chi connectivity index (χ4v) is 4.53.